The quantitative estimate of drug-likeness (QED) is 0.549. The summed E-state index contributed by atoms with van der Waals surface area (Å²) in [6.45, 7) is 20.9. The van der Waals surface area contributed by atoms with Crippen molar-refractivity contribution in [3.8, 4) is 5.75 Å². The first kappa shape index (κ1) is 26.2. The number of carbonyl (C=O) groups excluding carboxylic acids is 1. The second-order valence-corrected chi connectivity index (χ2v) is 16.6. The van der Waals surface area contributed by atoms with Gasteiger partial charge in [-0.25, -0.2) is 9.59 Å². The lowest BCUT2D eigenvalue weighted by Gasteiger charge is -2.48. The predicted molar refractivity (Wildman–Crippen MR) is 130 cm³/mol. The molecule has 1 aromatic rings. The Hall–Kier alpha value is -2.02. The van der Waals surface area contributed by atoms with Gasteiger partial charge in [0.1, 0.15) is 17.4 Å². The summed E-state index contributed by atoms with van der Waals surface area (Å²) in [5.74, 6) is -0.152. The Labute approximate surface area is 194 Å². The van der Waals surface area contributed by atoms with Gasteiger partial charge in [0, 0.05) is 6.54 Å². The molecule has 0 aromatic heterocycles. The van der Waals surface area contributed by atoms with Gasteiger partial charge in [-0.1, -0.05) is 46.8 Å². The molecule has 1 N–H and O–H groups in total. The maximum absolute atomic E-state index is 12.8. The van der Waals surface area contributed by atoms with Crippen LogP contribution in [-0.4, -0.2) is 48.6 Å². The van der Waals surface area contributed by atoms with Crippen molar-refractivity contribution in [2.45, 2.75) is 97.0 Å². The van der Waals surface area contributed by atoms with E-state index in [2.05, 4.69) is 53.8 Å². The predicted octanol–water partition coefficient (Wildman–Crippen LogP) is 6.06. The van der Waals surface area contributed by atoms with E-state index in [4.69, 9.17) is 9.16 Å². The van der Waals surface area contributed by atoms with Gasteiger partial charge in [0.25, 0.3) is 0 Å². The Bertz CT molecular complexity index is 855. The molecule has 7 heteroatoms. The number of carboxylic acid groups (broad SMARTS) is 1. The average Bonchev–Trinajstić information content (AvgIpc) is 2.61. The molecule has 3 atom stereocenters. The molecule has 1 aliphatic rings. The number of ether oxygens (including phenoxy) is 1. The van der Waals surface area contributed by atoms with Gasteiger partial charge in [-0.3, -0.25) is 4.90 Å². The SMILES string of the molecule is C[C@H]1CN(C(=O)OC(C)(C)C)C(C(=O)O)C[C@@]1(C)c1cccc(O[Si](C)(C)C(C)(C)C)c1. The number of likely N-dealkylation sites (tertiary alicyclic amines) is 1. The lowest BCUT2D eigenvalue weighted by atomic mass is 9.66. The molecule has 0 saturated carbocycles. The zero-order valence-electron chi connectivity index (χ0n) is 21.4. The van der Waals surface area contributed by atoms with Crippen molar-refractivity contribution in [2.24, 2.45) is 5.92 Å². The van der Waals surface area contributed by atoms with Crippen LogP contribution in [0.4, 0.5) is 4.79 Å². The zero-order valence-corrected chi connectivity index (χ0v) is 22.4. The van der Waals surface area contributed by atoms with E-state index in [9.17, 15) is 14.7 Å². The largest absolute Gasteiger partial charge is 0.543 e. The van der Waals surface area contributed by atoms with Crippen LogP contribution in [0.3, 0.4) is 0 Å². The summed E-state index contributed by atoms with van der Waals surface area (Å²) in [4.78, 5) is 26.3. The molecule has 0 aliphatic carbocycles. The van der Waals surface area contributed by atoms with E-state index in [1.165, 1.54) is 4.90 Å². The molecule has 1 unspecified atom stereocenters. The molecule has 0 spiro atoms. The number of piperidine rings is 1. The maximum atomic E-state index is 12.8. The van der Waals surface area contributed by atoms with Crippen molar-refractivity contribution in [2.75, 3.05) is 6.54 Å². The molecule has 1 amide bonds. The van der Waals surface area contributed by atoms with Crippen LogP contribution in [-0.2, 0) is 14.9 Å². The Morgan fingerprint density at radius 3 is 2.25 bits per heavy atom. The monoisotopic (exact) mass is 463 g/mol. The fourth-order valence-electron chi connectivity index (χ4n) is 3.84. The summed E-state index contributed by atoms with van der Waals surface area (Å²) in [5.41, 5.74) is -0.0650. The number of hydrogen-bond donors (Lipinski definition) is 1. The van der Waals surface area contributed by atoms with E-state index >= 15 is 0 Å². The van der Waals surface area contributed by atoms with Crippen molar-refractivity contribution in [3.63, 3.8) is 0 Å². The molecule has 1 saturated heterocycles. The van der Waals surface area contributed by atoms with E-state index in [-0.39, 0.29) is 11.0 Å². The minimum atomic E-state index is -2.00. The van der Waals surface area contributed by atoms with E-state index in [0.717, 1.165) is 11.3 Å². The third-order valence-corrected chi connectivity index (χ3v) is 11.5. The van der Waals surface area contributed by atoms with Crippen LogP contribution in [0.5, 0.6) is 5.75 Å². The van der Waals surface area contributed by atoms with Crippen molar-refractivity contribution in [1.82, 2.24) is 4.90 Å². The molecular formula is C25H41NO5Si. The molecule has 0 radical (unpaired) electrons. The molecule has 2 rings (SSSR count). The van der Waals surface area contributed by atoms with E-state index in [1.54, 1.807) is 20.8 Å². The normalized spacial score (nSPS) is 24.8. The van der Waals surface area contributed by atoms with E-state index in [1.807, 2.05) is 18.2 Å². The summed E-state index contributed by atoms with van der Waals surface area (Å²) in [6.07, 6.45) is -0.263. The number of benzene rings is 1. The second kappa shape index (κ2) is 8.73. The lowest BCUT2D eigenvalue weighted by molar-refractivity contribution is -0.146. The topological polar surface area (TPSA) is 76.1 Å². The van der Waals surface area contributed by atoms with Crippen LogP contribution in [0.2, 0.25) is 18.1 Å². The van der Waals surface area contributed by atoms with Gasteiger partial charge in [-0.2, -0.15) is 0 Å². The maximum Gasteiger partial charge on any atom is 0.411 e. The number of nitrogens with zero attached hydrogens (tertiary/aromatic N) is 1. The van der Waals surface area contributed by atoms with Gasteiger partial charge < -0.3 is 14.3 Å². The van der Waals surface area contributed by atoms with Crippen molar-refractivity contribution in [3.05, 3.63) is 29.8 Å². The van der Waals surface area contributed by atoms with Crippen LogP contribution in [0.1, 0.15) is 67.4 Å². The van der Waals surface area contributed by atoms with Crippen LogP contribution in [0, 0.1) is 5.92 Å². The van der Waals surface area contributed by atoms with Gasteiger partial charge >= 0.3 is 12.1 Å². The third kappa shape index (κ3) is 5.66. The van der Waals surface area contributed by atoms with Crippen molar-refractivity contribution >= 4 is 20.4 Å². The average molecular weight is 464 g/mol. The third-order valence-electron chi connectivity index (χ3n) is 7.14. The fourth-order valence-corrected chi connectivity index (χ4v) is 4.87. The first-order chi connectivity index (χ1) is 14.4. The molecule has 6 nitrogen and oxygen atoms in total. The summed E-state index contributed by atoms with van der Waals surface area (Å²) < 4.78 is 12.0. The van der Waals surface area contributed by atoms with Gasteiger partial charge in [-0.05, 0) is 74.4 Å². The molecular weight excluding hydrogens is 422 g/mol. The molecule has 1 aliphatic heterocycles. The first-order valence-electron chi connectivity index (χ1n) is 11.4. The molecule has 1 fully saturated rings. The van der Waals surface area contributed by atoms with Crippen LogP contribution in [0.15, 0.2) is 24.3 Å². The number of amides is 1. The highest BCUT2D eigenvalue weighted by molar-refractivity contribution is 6.74. The number of aliphatic carboxylic acids is 1. The molecule has 1 aromatic carbocycles. The van der Waals surface area contributed by atoms with Gasteiger partial charge in [-0.15, -0.1) is 0 Å². The van der Waals surface area contributed by atoms with Crippen molar-refractivity contribution in [1.29, 1.82) is 0 Å². The second-order valence-electron chi connectivity index (χ2n) is 11.9. The zero-order chi connectivity index (χ0) is 24.7. The van der Waals surface area contributed by atoms with E-state index < -0.39 is 37.4 Å². The first-order valence-corrected chi connectivity index (χ1v) is 14.3. The number of carbonyl (C=O) groups is 2. The lowest BCUT2D eigenvalue weighted by Crippen LogP contribution is -2.58. The van der Waals surface area contributed by atoms with Crippen molar-refractivity contribution < 1.29 is 23.9 Å². The van der Waals surface area contributed by atoms with E-state index in [0.29, 0.717) is 13.0 Å². The molecule has 180 valence electrons. The summed E-state index contributed by atoms with van der Waals surface area (Å²) >= 11 is 0. The molecule has 0 bridgehead atoms. The highest BCUT2D eigenvalue weighted by atomic mass is 28.4. The van der Waals surface area contributed by atoms with Gasteiger partial charge in [0.2, 0.25) is 8.32 Å². The number of carboxylic acids is 1. The van der Waals surface area contributed by atoms with Crippen LogP contribution in [0.25, 0.3) is 0 Å². The van der Waals surface area contributed by atoms with Gasteiger partial charge in [0.15, 0.2) is 0 Å². The summed E-state index contributed by atoms with van der Waals surface area (Å²) in [5, 5.41) is 10.0. The number of rotatable bonds is 4. The smallest absolute Gasteiger partial charge is 0.411 e. The minimum Gasteiger partial charge on any atom is -0.543 e. The van der Waals surface area contributed by atoms with Crippen LogP contribution < -0.4 is 4.43 Å². The molecule has 32 heavy (non-hydrogen) atoms. The highest BCUT2D eigenvalue weighted by Crippen LogP contribution is 2.44. The standard InChI is InChI=1S/C25H41NO5Si/c1-17-16-26(22(29)30-23(2,3)4)20(21(27)28)15-25(17,8)18-12-11-13-19(14-18)31-32(9,10)24(5,6)7/h11-14,17,20H,15-16H2,1-10H3,(H,27,28)/t17-,20?,25+/m0/s1. The number of hydrogen-bond acceptors (Lipinski definition) is 4. The summed E-state index contributed by atoms with van der Waals surface area (Å²) in [6, 6.07) is 7.10. The highest BCUT2D eigenvalue weighted by Gasteiger charge is 2.48. The fraction of sp³-hybridized carbons (Fsp3) is 0.680. The minimum absolute atomic E-state index is 0.0359. The Morgan fingerprint density at radius 1 is 1.16 bits per heavy atom. The van der Waals surface area contributed by atoms with Crippen LogP contribution >= 0.6 is 0 Å². The Balaban J connectivity index is 2.36. The Kier molecular flexibility index (Phi) is 7.15. The molecule has 1 heterocycles. The Morgan fingerprint density at radius 2 is 1.75 bits per heavy atom. The summed E-state index contributed by atoms with van der Waals surface area (Å²) in [7, 11) is -2.00. The van der Waals surface area contributed by atoms with Gasteiger partial charge in [0.05, 0.1) is 0 Å².